The average Bonchev–Trinajstić information content (AvgIpc) is 3.72. The number of cyclic esters (lactones) is 1. The van der Waals surface area contributed by atoms with Crippen LogP contribution in [-0.4, -0.2) is 93.1 Å². The van der Waals surface area contributed by atoms with Crippen molar-refractivity contribution in [1.29, 1.82) is 0 Å². The number of ether oxygens (including phenoxy) is 2. The maximum absolute atomic E-state index is 16.8. The number of pyridine rings is 1. The monoisotopic (exact) mass is 656 g/mol. The highest BCUT2D eigenvalue weighted by molar-refractivity contribution is 6.36. The van der Waals surface area contributed by atoms with Gasteiger partial charge in [-0.25, -0.2) is 4.39 Å². The number of aromatic nitrogens is 3. The molecule has 3 atom stereocenters. The predicted octanol–water partition coefficient (Wildman–Crippen LogP) is 5.14. The summed E-state index contributed by atoms with van der Waals surface area (Å²) >= 11 is 6.63. The van der Waals surface area contributed by atoms with Gasteiger partial charge in [-0.15, -0.1) is 0 Å². The maximum Gasteiger partial charge on any atom is 0.319 e. The first-order valence-electron chi connectivity index (χ1n) is 16.6. The summed E-state index contributed by atoms with van der Waals surface area (Å²) < 4.78 is 28.3. The number of nitrogens with zero attached hydrogens (tertiary/aromatic N) is 6. The summed E-state index contributed by atoms with van der Waals surface area (Å²) in [5.74, 6) is -0.484. The first-order valence-corrected chi connectivity index (χ1v) is 16.9. The normalized spacial score (nSPS) is 24.9. The van der Waals surface area contributed by atoms with Crippen molar-refractivity contribution in [2.45, 2.75) is 68.7 Å². The van der Waals surface area contributed by atoms with E-state index in [1.807, 2.05) is 35.2 Å². The molecule has 5 aliphatic heterocycles. The molecule has 5 fully saturated rings. The molecule has 0 N–H and O–H groups in total. The molecule has 12 heteroatoms. The third-order valence-electron chi connectivity index (χ3n) is 11.0. The van der Waals surface area contributed by atoms with Crippen LogP contribution in [0.25, 0.3) is 32.9 Å². The largest absolute Gasteiger partial charge is 0.461 e. The van der Waals surface area contributed by atoms with E-state index in [9.17, 15) is 9.59 Å². The molecule has 0 saturated carbocycles. The molecule has 10 nitrogen and oxygen atoms in total. The molecule has 242 valence electrons. The number of benzene rings is 2. The second kappa shape index (κ2) is 11.0. The summed E-state index contributed by atoms with van der Waals surface area (Å²) in [7, 11) is 0. The summed E-state index contributed by atoms with van der Waals surface area (Å²) in [6.45, 7) is 3.60. The average molecular weight is 657 g/mol. The Bertz CT molecular complexity index is 1920. The van der Waals surface area contributed by atoms with Crippen LogP contribution >= 0.6 is 11.6 Å². The van der Waals surface area contributed by atoms with Gasteiger partial charge in [-0.3, -0.25) is 19.5 Å². The zero-order valence-electron chi connectivity index (χ0n) is 25.8. The molecule has 5 aliphatic rings. The minimum atomic E-state index is -0.693. The van der Waals surface area contributed by atoms with Gasteiger partial charge in [0.05, 0.1) is 17.3 Å². The van der Waals surface area contributed by atoms with Crippen molar-refractivity contribution in [2.24, 2.45) is 0 Å². The van der Waals surface area contributed by atoms with Crippen LogP contribution < -0.4 is 9.64 Å². The van der Waals surface area contributed by atoms with Crippen molar-refractivity contribution >= 4 is 51.0 Å². The second-order valence-electron chi connectivity index (χ2n) is 13.6. The van der Waals surface area contributed by atoms with Crippen molar-refractivity contribution in [2.75, 3.05) is 37.7 Å². The molecule has 2 unspecified atom stereocenters. The molecule has 5 saturated heterocycles. The number of esters is 1. The van der Waals surface area contributed by atoms with Crippen LogP contribution in [0.3, 0.4) is 0 Å². The van der Waals surface area contributed by atoms with Crippen LogP contribution in [-0.2, 0) is 14.3 Å². The minimum Gasteiger partial charge on any atom is -0.461 e. The van der Waals surface area contributed by atoms with Gasteiger partial charge in [0, 0.05) is 47.3 Å². The van der Waals surface area contributed by atoms with E-state index < -0.39 is 11.9 Å². The summed E-state index contributed by atoms with van der Waals surface area (Å²) in [4.78, 5) is 45.4. The van der Waals surface area contributed by atoms with E-state index in [-0.39, 0.29) is 53.1 Å². The summed E-state index contributed by atoms with van der Waals surface area (Å²) in [6.07, 6.45) is 7.14. The van der Waals surface area contributed by atoms with Gasteiger partial charge in [-0.1, -0.05) is 41.9 Å². The molecule has 0 aliphatic carbocycles. The standard InChI is InChI=1S/C35H34ClFN6O4/c36-25-8-2-6-20-5-1-7-23(28(20)25)30-29(37)31-24(16-38-30)32(40-34(39-31)46-19-35-11-3-13-42(35)14-4-12-35)41-17-21-9-10-22(18-41)43(21)33(45)26-15-27(44)47-26/h1-2,5-8,16,21-22,26H,3-4,9-15,17-19H2/t21-,22?,26?/m0/s1. The molecule has 4 aromatic rings. The van der Waals surface area contributed by atoms with Crippen LogP contribution in [0.1, 0.15) is 44.9 Å². The lowest BCUT2D eigenvalue weighted by atomic mass is 9.95. The van der Waals surface area contributed by atoms with Crippen molar-refractivity contribution < 1.29 is 23.5 Å². The lowest BCUT2D eigenvalue weighted by Crippen LogP contribution is -2.60. The number of fused-ring (bicyclic) bond motifs is 5. The lowest BCUT2D eigenvalue weighted by Gasteiger charge is -2.43. The zero-order valence-corrected chi connectivity index (χ0v) is 26.6. The first kappa shape index (κ1) is 29.1. The molecule has 47 heavy (non-hydrogen) atoms. The van der Waals surface area contributed by atoms with E-state index in [4.69, 9.17) is 31.0 Å². The fraction of sp³-hybridized carbons (Fsp3) is 0.457. The third-order valence-corrected chi connectivity index (χ3v) is 11.3. The fourth-order valence-electron chi connectivity index (χ4n) is 8.71. The number of hydrogen-bond acceptors (Lipinski definition) is 9. The summed E-state index contributed by atoms with van der Waals surface area (Å²) in [5, 5.41) is 2.62. The Morgan fingerprint density at radius 1 is 1.06 bits per heavy atom. The third kappa shape index (κ3) is 4.64. The highest BCUT2D eigenvalue weighted by Gasteiger charge is 2.49. The van der Waals surface area contributed by atoms with Gasteiger partial charge in [-0.05, 0) is 63.1 Å². The zero-order chi connectivity index (χ0) is 31.9. The number of hydrogen-bond donors (Lipinski definition) is 0. The van der Waals surface area contributed by atoms with Crippen molar-refractivity contribution in [3.63, 3.8) is 0 Å². The Morgan fingerprint density at radius 3 is 2.51 bits per heavy atom. The molecule has 0 radical (unpaired) electrons. The Morgan fingerprint density at radius 2 is 1.79 bits per heavy atom. The van der Waals surface area contributed by atoms with Gasteiger partial charge in [0.25, 0.3) is 5.91 Å². The number of piperazine rings is 1. The van der Waals surface area contributed by atoms with E-state index in [0.29, 0.717) is 41.5 Å². The lowest BCUT2D eigenvalue weighted by molar-refractivity contribution is -0.180. The van der Waals surface area contributed by atoms with E-state index in [1.165, 1.54) is 0 Å². The molecule has 2 bridgehead atoms. The molecule has 2 aromatic heterocycles. The SMILES string of the molecule is O=C1CC(C(=O)N2C3CC[C@H]2CN(c2nc(OCC45CCCN4CCC5)nc4c(F)c(-c5cccc6cccc(Cl)c56)ncc24)C3)O1. The number of amides is 1. The van der Waals surface area contributed by atoms with Crippen LogP contribution in [0, 0.1) is 5.82 Å². The fourth-order valence-corrected chi connectivity index (χ4v) is 8.99. The topological polar surface area (TPSA) is 101 Å². The van der Waals surface area contributed by atoms with Crippen LogP contribution in [0.15, 0.2) is 42.6 Å². The second-order valence-corrected chi connectivity index (χ2v) is 14.0. The number of carbonyl (C=O) groups excluding carboxylic acids is 2. The van der Waals surface area contributed by atoms with Gasteiger partial charge >= 0.3 is 12.0 Å². The Labute approximate surface area is 275 Å². The van der Waals surface area contributed by atoms with Gasteiger partial charge < -0.3 is 19.3 Å². The van der Waals surface area contributed by atoms with Crippen LogP contribution in [0.2, 0.25) is 5.02 Å². The van der Waals surface area contributed by atoms with E-state index >= 15 is 4.39 Å². The van der Waals surface area contributed by atoms with Crippen LogP contribution in [0.5, 0.6) is 6.01 Å². The Kier molecular flexibility index (Phi) is 6.80. The van der Waals surface area contributed by atoms with E-state index in [1.54, 1.807) is 12.3 Å². The van der Waals surface area contributed by atoms with Crippen molar-refractivity contribution in [1.82, 2.24) is 24.8 Å². The molecule has 7 heterocycles. The van der Waals surface area contributed by atoms with Crippen molar-refractivity contribution in [3.8, 4) is 17.3 Å². The minimum absolute atomic E-state index is 0.0315. The van der Waals surface area contributed by atoms with Crippen molar-refractivity contribution in [3.05, 3.63) is 53.4 Å². The quantitative estimate of drug-likeness (QED) is 0.261. The summed E-state index contributed by atoms with van der Waals surface area (Å²) in [6, 6.07) is 11.2. The van der Waals surface area contributed by atoms with E-state index in [2.05, 4.69) is 14.8 Å². The highest BCUT2D eigenvalue weighted by Crippen LogP contribution is 2.42. The molecular weight excluding hydrogens is 623 g/mol. The number of carbonyl (C=O) groups is 2. The highest BCUT2D eigenvalue weighted by atomic mass is 35.5. The van der Waals surface area contributed by atoms with Gasteiger partial charge in [-0.2, -0.15) is 9.97 Å². The van der Waals surface area contributed by atoms with E-state index in [0.717, 1.165) is 62.4 Å². The number of rotatable bonds is 6. The van der Waals surface area contributed by atoms with Gasteiger partial charge in [0.2, 0.25) is 0 Å². The predicted molar refractivity (Wildman–Crippen MR) is 174 cm³/mol. The molecule has 1 amide bonds. The number of halogens is 2. The summed E-state index contributed by atoms with van der Waals surface area (Å²) in [5.41, 5.74) is 0.853. The van der Waals surface area contributed by atoms with Crippen LogP contribution in [0.4, 0.5) is 10.2 Å². The number of anilines is 1. The Balaban J connectivity index is 1.12. The molecule has 9 rings (SSSR count). The van der Waals surface area contributed by atoms with Gasteiger partial charge in [0.15, 0.2) is 11.9 Å². The van der Waals surface area contributed by atoms with Gasteiger partial charge in [0.1, 0.15) is 23.6 Å². The first-order chi connectivity index (χ1) is 22.9. The molecule has 2 aromatic carbocycles. The molecule has 0 spiro atoms. The molecular formula is C35H34ClFN6O4. The Hall–Kier alpha value is -4.09. The smallest absolute Gasteiger partial charge is 0.319 e. The maximum atomic E-state index is 16.8.